The fourth-order valence-corrected chi connectivity index (χ4v) is 19.3. The first-order chi connectivity index (χ1) is 51.1. The number of rotatable bonds is 9. The lowest BCUT2D eigenvalue weighted by Gasteiger charge is -2.30. The van der Waals surface area contributed by atoms with Crippen LogP contribution in [0.5, 0.6) is 0 Å². The van der Waals surface area contributed by atoms with Crippen LogP contribution >= 0.6 is 11.7 Å². The maximum atomic E-state index is 5.27. The molecule has 0 N–H and O–H groups in total. The summed E-state index contributed by atoms with van der Waals surface area (Å²) in [6.07, 6.45) is 0. The maximum absolute atomic E-state index is 5.27. The number of fused-ring (bicyclic) bond motifs is 24. The van der Waals surface area contributed by atoms with Crippen LogP contribution in [0.25, 0.3) is 139 Å². The summed E-state index contributed by atoms with van der Waals surface area (Å²) in [6.45, 7) is 0. The lowest BCUT2D eigenvalue weighted by Crippen LogP contribution is -2.25. The summed E-state index contributed by atoms with van der Waals surface area (Å²) < 4.78 is 12.9. The van der Waals surface area contributed by atoms with Crippen LogP contribution in [0.15, 0.2) is 364 Å². The van der Waals surface area contributed by atoms with Gasteiger partial charge in [0.05, 0.1) is 39.3 Å². The second-order valence-electron chi connectivity index (χ2n) is 27.8. The average molecular weight is 1330 g/mol. The first-order valence-electron chi connectivity index (χ1n) is 35.5. The molecule has 2 spiro atoms. The molecule has 0 radical (unpaired) electrons. The zero-order valence-electron chi connectivity index (χ0n) is 55.8. The second kappa shape index (κ2) is 22.2. The molecule has 5 heteroatoms. The van der Waals surface area contributed by atoms with Crippen molar-refractivity contribution in [2.75, 3.05) is 4.90 Å². The van der Waals surface area contributed by atoms with Crippen molar-refractivity contribution in [2.45, 2.75) is 10.8 Å². The van der Waals surface area contributed by atoms with Gasteiger partial charge in [0.2, 0.25) is 0 Å². The van der Waals surface area contributed by atoms with Gasteiger partial charge in [-0.05, 0) is 212 Å². The number of aromatic nitrogens is 3. The van der Waals surface area contributed by atoms with E-state index in [1.165, 1.54) is 145 Å². The van der Waals surface area contributed by atoms with E-state index in [-0.39, 0.29) is 0 Å². The van der Waals surface area contributed by atoms with Gasteiger partial charge in [0.15, 0.2) is 0 Å². The van der Waals surface area contributed by atoms with Gasteiger partial charge in [0.1, 0.15) is 11.0 Å². The van der Waals surface area contributed by atoms with Crippen LogP contribution in [-0.4, -0.2) is 13.3 Å². The van der Waals surface area contributed by atoms with Gasteiger partial charge in [0, 0.05) is 33.4 Å². The van der Waals surface area contributed by atoms with Crippen molar-refractivity contribution in [3.05, 3.63) is 408 Å². The van der Waals surface area contributed by atoms with E-state index >= 15 is 0 Å². The quantitative estimate of drug-likeness (QED) is 0.144. The Morgan fingerprint density at radius 1 is 0.243 bits per heavy atom. The monoisotopic (exact) mass is 1320 g/mol. The van der Waals surface area contributed by atoms with Crippen LogP contribution in [0.3, 0.4) is 0 Å². The number of hydrogen-bond acceptors (Lipinski definition) is 4. The molecular formula is C98H60N4S. The molecule has 103 heavy (non-hydrogen) atoms. The molecule has 16 aromatic carbocycles. The topological polar surface area (TPSA) is 34.0 Å². The van der Waals surface area contributed by atoms with Gasteiger partial charge in [-0.2, -0.15) is 8.75 Å². The molecule has 0 unspecified atom stereocenters. The van der Waals surface area contributed by atoms with E-state index in [0.717, 1.165) is 67.1 Å². The van der Waals surface area contributed by atoms with E-state index in [1.54, 1.807) is 0 Å². The lowest BCUT2D eigenvalue weighted by atomic mass is 9.70. The molecule has 0 bridgehead atoms. The highest BCUT2D eigenvalue weighted by molar-refractivity contribution is 7.00. The fourth-order valence-electron chi connectivity index (χ4n) is 18.8. The van der Waals surface area contributed by atoms with Crippen LogP contribution in [0, 0.1) is 0 Å². The smallest absolute Gasteiger partial charge is 0.129 e. The van der Waals surface area contributed by atoms with Gasteiger partial charge in [-0.1, -0.05) is 291 Å². The molecule has 4 aliphatic rings. The molecule has 0 amide bonds. The van der Waals surface area contributed by atoms with E-state index in [9.17, 15) is 0 Å². The van der Waals surface area contributed by atoms with E-state index in [1.807, 2.05) is 0 Å². The van der Waals surface area contributed by atoms with Crippen molar-refractivity contribution in [1.82, 2.24) is 13.3 Å². The van der Waals surface area contributed by atoms with Crippen LogP contribution in [0.2, 0.25) is 0 Å². The van der Waals surface area contributed by atoms with Crippen molar-refractivity contribution >= 4 is 61.6 Å². The highest BCUT2D eigenvalue weighted by atomic mass is 32.1. The highest BCUT2D eigenvalue weighted by Crippen LogP contribution is 2.66. The molecule has 2 aromatic heterocycles. The molecular weight excluding hydrogens is 1270 g/mol. The Hall–Kier alpha value is -13.1. The zero-order valence-corrected chi connectivity index (χ0v) is 56.7. The third kappa shape index (κ3) is 8.11. The van der Waals surface area contributed by atoms with Crippen molar-refractivity contribution in [1.29, 1.82) is 0 Å². The SMILES string of the molecule is c1ccc(-c2ccc3c(c2)c2cc(-c4ccccc4)ccc2n3-c2ccc(-c3ccc(N(c4ccc(-c5cccc6c5-c5ccccc5C65c6ccccc6-c6ccccc65)cc4)c4cccc(-c5cccc6c5-c5ccccc5C65c6ccccc6-c6ccccc65)c4)c4nsnc34)cc2)cc1. The fraction of sp³-hybridized carbons (Fsp3) is 0.0204. The Labute approximate surface area is 601 Å². The van der Waals surface area contributed by atoms with Crippen molar-refractivity contribution in [3.8, 4) is 106 Å². The zero-order chi connectivity index (χ0) is 67.5. The predicted octanol–water partition coefficient (Wildman–Crippen LogP) is 25.3. The van der Waals surface area contributed by atoms with Gasteiger partial charge in [-0.3, -0.25) is 0 Å². The predicted molar refractivity (Wildman–Crippen MR) is 426 cm³/mol. The Kier molecular flexibility index (Phi) is 12.5. The molecule has 4 nitrogen and oxygen atoms in total. The molecule has 0 fully saturated rings. The number of hydrogen-bond donors (Lipinski definition) is 0. The van der Waals surface area contributed by atoms with Crippen LogP contribution in [-0.2, 0) is 10.8 Å². The molecule has 2 heterocycles. The van der Waals surface area contributed by atoms with Gasteiger partial charge < -0.3 is 9.47 Å². The number of nitrogens with zero attached hydrogens (tertiary/aromatic N) is 4. The standard InChI is InChI=1S/C98H60N4S/c1-3-22-61(23-4-1)65-48-55-90-80(59-65)81-60-66(62-24-5-2-6-25-62)49-56-91(81)102(90)69-52-46-64(47-53-69)73-54-57-92(96-95(73)99-103-100-96)101(68-50-44-63(45-51-68)71-34-20-42-88-93(71)78-32-11-17-40-86(78)97(88)82-36-13-7-28-74(82)75-29-8-14-37-83(75)97)70-27-19-26-67(58-70)72-35-21-43-89-94(72)79-33-12-18-41-87(79)98(89)84-38-15-9-30-76(84)77-31-10-16-39-85(77)98/h1-60H. The third-order valence-electron chi connectivity index (χ3n) is 22.9. The van der Waals surface area contributed by atoms with Crippen LogP contribution in [0.4, 0.5) is 17.1 Å². The summed E-state index contributed by atoms with van der Waals surface area (Å²) in [7, 11) is 0. The highest BCUT2D eigenvalue weighted by Gasteiger charge is 2.54. The largest absolute Gasteiger partial charge is 0.309 e. The molecule has 4 aliphatic carbocycles. The summed E-state index contributed by atoms with van der Waals surface area (Å²) in [5.41, 5.74) is 39.6. The van der Waals surface area contributed by atoms with Gasteiger partial charge in [-0.15, -0.1) is 0 Å². The summed E-state index contributed by atoms with van der Waals surface area (Å²) in [5, 5.41) is 2.43. The first-order valence-corrected chi connectivity index (χ1v) is 36.3. The van der Waals surface area contributed by atoms with E-state index in [4.69, 9.17) is 8.75 Å². The minimum atomic E-state index is -0.467. The lowest BCUT2D eigenvalue weighted by molar-refractivity contribution is 0.794. The normalized spacial score (nSPS) is 13.4. The van der Waals surface area contributed by atoms with Gasteiger partial charge in [-0.25, -0.2) is 0 Å². The summed E-state index contributed by atoms with van der Waals surface area (Å²) in [4.78, 5) is 2.41. The van der Waals surface area contributed by atoms with E-state index in [2.05, 4.69) is 373 Å². The van der Waals surface area contributed by atoms with Crippen molar-refractivity contribution in [2.24, 2.45) is 0 Å². The maximum Gasteiger partial charge on any atom is 0.129 e. The summed E-state index contributed by atoms with van der Waals surface area (Å²) >= 11 is 1.27. The third-order valence-corrected chi connectivity index (χ3v) is 23.5. The van der Waals surface area contributed by atoms with Crippen LogP contribution in [0.1, 0.15) is 44.5 Å². The van der Waals surface area contributed by atoms with Crippen molar-refractivity contribution in [3.63, 3.8) is 0 Å². The van der Waals surface area contributed by atoms with Crippen LogP contribution < -0.4 is 4.90 Å². The summed E-state index contributed by atoms with van der Waals surface area (Å²) in [6, 6.07) is 136. The molecule has 0 saturated heterocycles. The van der Waals surface area contributed by atoms with Crippen molar-refractivity contribution < 1.29 is 0 Å². The Morgan fingerprint density at radius 2 is 0.621 bits per heavy atom. The minimum Gasteiger partial charge on any atom is -0.309 e. The van der Waals surface area contributed by atoms with E-state index < -0.39 is 10.8 Å². The molecule has 22 rings (SSSR count). The first kappa shape index (κ1) is 57.8. The number of benzene rings is 16. The average Bonchev–Trinajstić information content (AvgIpc) is 1.51. The molecule has 478 valence electrons. The Morgan fingerprint density at radius 3 is 1.13 bits per heavy atom. The second-order valence-corrected chi connectivity index (χ2v) is 28.4. The summed E-state index contributed by atoms with van der Waals surface area (Å²) in [5.74, 6) is 0. The Balaban J connectivity index is 0.692. The van der Waals surface area contributed by atoms with Gasteiger partial charge in [0.25, 0.3) is 0 Å². The Bertz CT molecular complexity index is 6370. The van der Waals surface area contributed by atoms with E-state index in [0.29, 0.717) is 0 Å². The van der Waals surface area contributed by atoms with Gasteiger partial charge >= 0.3 is 0 Å². The molecule has 18 aromatic rings. The molecule has 0 atom stereocenters. The molecule has 0 aliphatic heterocycles. The molecule has 0 saturated carbocycles. The number of anilines is 3. The minimum absolute atomic E-state index is 0.445.